The predicted octanol–water partition coefficient (Wildman–Crippen LogP) is 3.26. The van der Waals surface area contributed by atoms with Crippen LogP contribution in [0.4, 0.5) is 4.39 Å². The number of halogens is 1. The highest BCUT2D eigenvalue weighted by molar-refractivity contribution is 7.99. The van der Waals surface area contributed by atoms with E-state index in [9.17, 15) is 24.5 Å². The Bertz CT molecular complexity index is 650. The first-order valence-electron chi connectivity index (χ1n) is 10.8. The number of amides is 1. The van der Waals surface area contributed by atoms with E-state index < -0.39 is 18.3 Å². The molecule has 0 bridgehead atoms. The Morgan fingerprint density at radius 1 is 1.10 bits per heavy atom. The molecule has 0 saturated heterocycles. The highest BCUT2D eigenvalue weighted by atomic mass is 32.2. The minimum Gasteiger partial charge on any atom is -0.393 e. The van der Waals surface area contributed by atoms with Gasteiger partial charge >= 0.3 is 0 Å². The third-order valence-electron chi connectivity index (χ3n) is 5.94. The first-order chi connectivity index (χ1) is 14.4. The van der Waals surface area contributed by atoms with E-state index in [0.717, 1.165) is 25.7 Å². The van der Waals surface area contributed by atoms with Crippen LogP contribution in [-0.4, -0.2) is 50.5 Å². The molecule has 1 amide bonds. The van der Waals surface area contributed by atoms with E-state index in [4.69, 9.17) is 5.21 Å². The van der Waals surface area contributed by atoms with Crippen molar-refractivity contribution in [1.82, 2.24) is 5.48 Å². The minimum absolute atomic E-state index is 0.00663. The van der Waals surface area contributed by atoms with E-state index >= 15 is 0 Å². The summed E-state index contributed by atoms with van der Waals surface area (Å²) in [5, 5.41) is 39.5. The number of unbranched alkanes of at least 4 members (excludes halogenated alkanes) is 3. The van der Waals surface area contributed by atoms with Gasteiger partial charge in [0.25, 0.3) is 0 Å². The zero-order valence-electron chi connectivity index (χ0n) is 17.3. The lowest BCUT2D eigenvalue weighted by molar-refractivity contribution is -0.129. The first-order valence-corrected chi connectivity index (χ1v) is 11.8. The molecule has 1 fully saturated rings. The van der Waals surface area contributed by atoms with E-state index in [0.29, 0.717) is 42.8 Å². The second-order valence-corrected chi connectivity index (χ2v) is 9.22. The van der Waals surface area contributed by atoms with Crippen molar-refractivity contribution in [2.24, 2.45) is 11.8 Å². The van der Waals surface area contributed by atoms with Gasteiger partial charge in [-0.05, 0) is 56.1 Å². The van der Waals surface area contributed by atoms with E-state index in [1.54, 1.807) is 23.7 Å². The minimum atomic E-state index is -0.599. The monoisotopic (exact) mass is 443 g/mol. The highest BCUT2D eigenvalue weighted by Gasteiger charge is 2.40. The molecule has 0 heterocycles. The molecule has 0 aliphatic heterocycles. The molecule has 170 valence electrons. The van der Waals surface area contributed by atoms with Crippen LogP contribution in [0, 0.1) is 17.7 Å². The van der Waals surface area contributed by atoms with E-state index in [1.807, 2.05) is 0 Å². The molecule has 5 N–H and O–H groups in total. The normalized spacial score (nSPS) is 24.7. The molecule has 1 aromatic carbocycles. The van der Waals surface area contributed by atoms with Crippen molar-refractivity contribution < 1.29 is 29.7 Å². The molecule has 1 aliphatic rings. The summed E-state index contributed by atoms with van der Waals surface area (Å²) < 4.78 is 13.7. The van der Waals surface area contributed by atoms with Crippen molar-refractivity contribution in [2.45, 2.75) is 81.0 Å². The number of carbonyl (C=O) groups is 1. The number of nitrogens with one attached hydrogen (secondary N) is 1. The number of hydrogen-bond acceptors (Lipinski definition) is 6. The Balaban J connectivity index is 1.70. The van der Waals surface area contributed by atoms with Crippen molar-refractivity contribution in [3.63, 3.8) is 0 Å². The van der Waals surface area contributed by atoms with Crippen LogP contribution in [0.25, 0.3) is 0 Å². The van der Waals surface area contributed by atoms with Crippen LogP contribution >= 0.6 is 11.8 Å². The van der Waals surface area contributed by atoms with Gasteiger partial charge in [0.2, 0.25) is 5.91 Å². The molecule has 8 heteroatoms. The van der Waals surface area contributed by atoms with Gasteiger partial charge in [-0.2, -0.15) is 0 Å². The van der Waals surface area contributed by atoms with E-state index in [1.165, 1.54) is 17.8 Å². The lowest BCUT2D eigenvalue weighted by atomic mass is 9.85. The summed E-state index contributed by atoms with van der Waals surface area (Å²) >= 11 is 1.28. The van der Waals surface area contributed by atoms with Crippen LogP contribution in [0.1, 0.15) is 57.8 Å². The maximum Gasteiger partial charge on any atom is 0.243 e. The van der Waals surface area contributed by atoms with Gasteiger partial charge in [-0.15, -0.1) is 11.8 Å². The smallest absolute Gasteiger partial charge is 0.243 e. The van der Waals surface area contributed by atoms with Crippen molar-refractivity contribution in [3.05, 3.63) is 30.1 Å². The first kappa shape index (κ1) is 25.1. The molecule has 0 aromatic heterocycles. The molecule has 1 saturated carbocycles. The van der Waals surface area contributed by atoms with Crippen molar-refractivity contribution in [2.75, 3.05) is 5.75 Å². The fraction of sp³-hybridized carbons (Fsp3) is 0.682. The van der Waals surface area contributed by atoms with Crippen LogP contribution in [0.3, 0.4) is 0 Å². The van der Waals surface area contributed by atoms with Crippen LogP contribution in [0.2, 0.25) is 0 Å². The van der Waals surface area contributed by atoms with Gasteiger partial charge in [0.1, 0.15) is 5.82 Å². The number of rotatable bonds is 13. The molecule has 1 aromatic rings. The van der Waals surface area contributed by atoms with Gasteiger partial charge in [0.15, 0.2) is 0 Å². The van der Waals surface area contributed by atoms with Gasteiger partial charge in [0.05, 0.1) is 18.3 Å². The highest BCUT2D eigenvalue weighted by Crippen LogP contribution is 2.39. The summed E-state index contributed by atoms with van der Waals surface area (Å²) in [4.78, 5) is 11.5. The fourth-order valence-corrected chi connectivity index (χ4v) is 5.19. The zero-order valence-corrected chi connectivity index (χ0v) is 18.1. The molecule has 6 nitrogen and oxygen atoms in total. The van der Waals surface area contributed by atoms with Crippen LogP contribution in [0.5, 0.6) is 0 Å². The maximum absolute atomic E-state index is 13.7. The molecule has 0 spiro atoms. The lowest BCUT2D eigenvalue weighted by Gasteiger charge is -2.24. The third-order valence-corrected chi connectivity index (χ3v) is 7.13. The Morgan fingerprint density at radius 2 is 1.77 bits per heavy atom. The largest absolute Gasteiger partial charge is 0.393 e. The van der Waals surface area contributed by atoms with Gasteiger partial charge in [-0.3, -0.25) is 10.0 Å². The molecule has 1 aliphatic carbocycles. The summed E-state index contributed by atoms with van der Waals surface area (Å²) in [5.74, 6) is -0.323. The quantitative estimate of drug-likeness (QED) is 0.139. The zero-order chi connectivity index (χ0) is 21.9. The average Bonchev–Trinajstić information content (AvgIpc) is 3.00. The second-order valence-electron chi connectivity index (χ2n) is 8.16. The van der Waals surface area contributed by atoms with Crippen LogP contribution in [0.15, 0.2) is 29.2 Å². The number of hydrogen-bond donors (Lipinski definition) is 5. The predicted molar refractivity (Wildman–Crippen MR) is 114 cm³/mol. The fourth-order valence-electron chi connectivity index (χ4n) is 4.27. The Hall–Kier alpha value is -1.19. The number of thioether (sulfide) groups is 1. The molecular formula is C22H34FNO5S. The molecule has 2 rings (SSSR count). The second kappa shape index (κ2) is 13.3. The van der Waals surface area contributed by atoms with Gasteiger partial charge in [0, 0.05) is 17.1 Å². The molecule has 5 atom stereocenters. The molecule has 2 unspecified atom stereocenters. The van der Waals surface area contributed by atoms with E-state index in [-0.39, 0.29) is 23.6 Å². The van der Waals surface area contributed by atoms with Gasteiger partial charge in [-0.25, -0.2) is 9.87 Å². The molecule has 0 radical (unpaired) electrons. The number of aliphatic hydroxyl groups is 3. The Kier molecular flexibility index (Phi) is 11.1. The van der Waals surface area contributed by atoms with Gasteiger partial charge < -0.3 is 15.3 Å². The summed E-state index contributed by atoms with van der Waals surface area (Å²) in [7, 11) is 0. The van der Waals surface area contributed by atoms with Crippen molar-refractivity contribution in [3.8, 4) is 0 Å². The van der Waals surface area contributed by atoms with Crippen molar-refractivity contribution >= 4 is 17.7 Å². The summed E-state index contributed by atoms with van der Waals surface area (Å²) in [6.45, 7) is 0. The average molecular weight is 444 g/mol. The SMILES string of the molecule is O=C(CCCCCCC1[C@@H](CCC(O)CSc2ccccc2F)[C@H](O)C[C@@H]1O)NO. The molecule has 30 heavy (non-hydrogen) atoms. The van der Waals surface area contributed by atoms with Gasteiger partial charge in [-0.1, -0.05) is 31.4 Å². The standard InChI is InChI=1S/C22H34FNO5S/c23-18-8-5-6-9-21(18)30-14-15(25)11-12-17-16(19(26)13-20(17)27)7-3-1-2-4-10-22(28)24-29/h5-6,8-9,15-17,19-20,25-27,29H,1-4,7,10-14H2,(H,24,28)/t15?,16?,17-,19+,20-/m1/s1. The summed E-state index contributed by atoms with van der Waals surface area (Å²) in [6, 6.07) is 6.49. The summed E-state index contributed by atoms with van der Waals surface area (Å²) in [5.41, 5.74) is 1.62. The summed E-state index contributed by atoms with van der Waals surface area (Å²) in [6.07, 6.45) is 4.30. The maximum atomic E-state index is 13.7. The van der Waals surface area contributed by atoms with Crippen LogP contribution in [-0.2, 0) is 4.79 Å². The Labute approximate surface area is 181 Å². The lowest BCUT2D eigenvalue weighted by Crippen LogP contribution is -2.24. The number of benzene rings is 1. The number of hydroxylamine groups is 1. The van der Waals surface area contributed by atoms with Crippen LogP contribution < -0.4 is 5.48 Å². The number of carbonyl (C=O) groups excluding carboxylic acids is 1. The topological polar surface area (TPSA) is 110 Å². The number of aliphatic hydroxyl groups excluding tert-OH is 3. The Morgan fingerprint density at radius 3 is 2.47 bits per heavy atom. The molecular weight excluding hydrogens is 409 g/mol. The third kappa shape index (κ3) is 8.15. The van der Waals surface area contributed by atoms with E-state index in [2.05, 4.69) is 0 Å². The van der Waals surface area contributed by atoms with Crippen molar-refractivity contribution in [1.29, 1.82) is 0 Å².